The summed E-state index contributed by atoms with van der Waals surface area (Å²) in [6.07, 6.45) is 1.50. The van der Waals surface area contributed by atoms with E-state index in [1.165, 1.54) is 16.9 Å². The van der Waals surface area contributed by atoms with Crippen LogP contribution >= 0.6 is 0 Å². The fourth-order valence-corrected chi connectivity index (χ4v) is 1.99. The van der Waals surface area contributed by atoms with E-state index in [-0.39, 0.29) is 17.9 Å². The molecule has 0 saturated heterocycles. The van der Waals surface area contributed by atoms with E-state index in [1.807, 2.05) is 32.9 Å². The van der Waals surface area contributed by atoms with Crippen molar-refractivity contribution >= 4 is 5.78 Å². The minimum absolute atomic E-state index is 0.0248. The second-order valence-corrected chi connectivity index (χ2v) is 4.69. The highest BCUT2D eigenvalue weighted by molar-refractivity contribution is 5.97. The van der Waals surface area contributed by atoms with Crippen LogP contribution in [0, 0.1) is 20.8 Å². The summed E-state index contributed by atoms with van der Waals surface area (Å²) in [4.78, 5) is 23.8. The van der Waals surface area contributed by atoms with Gasteiger partial charge in [0.05, 0.1) is 0 Å². The highest BCUT2D eigenvalue weighted by Crippen LogP contribution is 2.16. The Morgan fingerprint density at radius 1 is 1.16 bits per heavy atom. The lowest BCUT2D eigenvalue weighted by Crippen LogP contribution is -2.25. The zero-order chi connectivity index (χ0) is 14.0. The summed E-state index contributed by atoms with van der Waals surface area (Å²) in [5.41, 5.74) is 3.54. The van der Waals surface area contributed by atoms with Crippen molar-refractivity contribution < 1.29 is 4.79 Å². The van der Waals surface area contributed by atoms with Crippen LogP contribution in [0.5, 0.6) is 0 Å². The molecule has 1 heterocycles. The molecule has 0 saturated carbocycles. The van der Waals surface area contributed by atoms with Crippen molar-refractivity contribution in [3.8, 4) is 0 Å². The van der Waals surface area contributed by atoms with E-state index in [0.717, 1.165) is 16.7 Å². The fraction of sp³-hybridized carbons (Fsp3) is 0.267. The Morgan fingerprint density at radius 3 is 2.53 bits per heavy atom. The average Bonchev–Trinajstić information content (AvgIpc) is 2.36. The first-order valence-electron chi connectivity index (χ1n) is 6.12. The number of carbonyl (C=O) groups is 1. The number of hydrogen-bond acceptors (Lipinski definition) is 3. The summed E-state index contributed by atoms with van der Waals surface area (Å²) in [5.74, 6) is -0.0959. The molecule has 98 valence electrons. The molecular weight excluding hydrogens is 240 g/mol. The Hall–Kier alpha value is -2.23. The van der Waals surface area contributed by atoms with E-state index in [9.17, 15) is 9.59 Å². The monoisotopic (exact) mass is 256 g/mol. The standard InChI is InChI=1S/C15H16N2O2/c1-10-7-12(3)13(8-11(10)2)14(18)9-17-15(19)5-4-6-16-17/h4-8H,9H2,1-3H3. The van der Waals surface area contributed by atoms with Gasteiger partial charge in [0.2, 0.25) is 0 Å². The molecule has 0 aliphatic carbocycles. The Balaban J connectivity index is 2.33. The number of ketones is 1. The van der Waals surface area contributed by atoms with Crippen LogP contribution in [-0.4, -0.2) is 15.6 Å². The van der Waals surface area contributed by atoms with Crippen molar-refractivity contribution in [3.05, 3.63) is 63.1 Å². The summed E-state index contributed by atoms with van der Waals surface area (Å²) < 4.78 is 1.18. The summed E-state index contributed by atoms with van der Waals surface area (Å²) in [6, 6.07) is 6.82. The molecule has 19 heavy (non-hydrogen) atoms. The molecule has 1 aromatic heterocycles. The van der Waals surface area contributed by atoms with E-state index in [1.54, 1.807) is 6.07 Å². The van der Waals surface area contributed by atoms with Gasteiger partial charge in [0.25, 0.3) is 5.56 Å². The van der Waals surface area contributed by atoms with Crippen LogP contribution < -0.4 is 5.56 Å². The second-order valence-electron chi connectivity index (χ2n) is 4.69. The molecule has 0 spiro atoms. The van der Waals surface area contributed by atoms with Crippen molar-refractivity contribution in [1.29, 1.82) is 0 Å². The van der Waals surface area contributed by atoms with Gasteiger partial charge in [-0.2, -0.15) is 5.10 Å². The summed E-state index contributed by atoms with van der Waals surface area (Å²) >= 11 is 0. The minimum atomic E-state index is -0.266. The van der Waals surface area contributed by atoms with E-state index >= 15 is 0 Å². The number of carbonyl (C=O) groups excluding carboxylic acids is 1. The molecule has 2 aromatic rings. The number of hydrogen-bond donors (Lipinski definition) is 0. The van der Waals surface area contributed by atoms with E-state index < -0.39 is 0 Å². The van der Waals surface area contributed by atoms with Crippen molar-refractivity contribution in [3.63, 3.8) is 0 Å². The largest absolute Gasteiger partial charge is 0.292 e. The van der Waals surface area contributed by atoms with Gasteiger partial charge in [0.1, 0.15) is 6.54 Å². The molecule has 0 aliphatic rings. The molecule has 0 fully saturated rings. The number of aromatic nitrogens is 2. The topological polar surface area (TPSA) is 52.0 Å². The van der Waals surface area contributed by atoms with Crippen LogP contribution in [0.15, 0.2) is 35.3 Å². The van der Waals surface area contributed by atoms with E-state index in [4.69, 9.17) is 0 Å². The maximum absolute atomic E-state index is 12.3. The smallest absolute Gasteiger partial charge is 0.267 e. The first-order valence-corrected chi connectivity index (χ1v) is 6.12. The first-order chi connectivity index (χ1) is 8.99. The lowest BCUT2D eigenvalue weighted by atomic mass is 9.98. The predicted molar refractivity (Wildman–Crippen MR) is 73.5 cm³/mol. The molecule has 0 aliphatic heterocycles. The van der Waals surface area contributed by atoms with Crippen molar-refractivity contribution in [2.75, 3.05) is 0 Å². The van der Waals surface area contributed by atoms with Crippen LogP contribution in [0.1, 0.15) is 27.0 Å². The van der Waals surface area contributed by atoms with Gasteiger partial charge in [-0.3, -0.25) is 9.59 Å². The van der Waals surface area contributed by atoms with Crippen molar-refractivity contribution in [1.82, 2.24) is 9.78 Å². The second kappa shape index (κ2) is 5.18. The molecule has 0 bridgehead atoms. The molecule has 4 heteroatoms. The highest BCUT2D eigenvalue weighted by atomic mass is 16.1. The first kappa shape index (κ1) is 13.2. The van der Waals surface area contributed by atoms with Gasteiger partial charge in [0.15, 0.2) is 5.78 Å². The third kappa shape index (κ3) is 2.78. The molecule has 0 N–H and O–H groups in total. The van der Waals surface area contributed by atoms with Crippen molar-refractivity contribution in [2.24, 2.45) is 0 Å². The van der Waals surface area contributed by atoms with E-state index in [0.29, 0.717) is 5.56 Å². The minimum Gasteiger partial charge on any atom is -0.292 e. The zero-order valence-corrected chi connectivity index (χ0v) is 11.3. The molecule has 2 rings (SSSR count). The number of nitrogens with zero attached hydrogens (tertiary/aromatic N) is 2. The quantitative estimate of drug-likeness (QED) is 0.790. The third-order valence-electron chi connectivity index (χ3n) is 3.22. The number of aryl methyl sites for hydroxylation is 3. The van der Waals surface area contributed by atoms with Gasteiger partial charge >= 0.3 is 0 Å². The molecular formula is C15H16N2O2. The Morgan fingerprint density at radius 2 is 1.84 bits per heavy atom. The van der Waals surface area contributed by atoms with Gasteiger partial charge < -0.3 is 0 Å². The van der Waals surface area contributed by atoms with Crippen LogP contribution in [0.2, 0.25) is 0 Å². The number of rotatable bonds is 3. The molecule has 0 radical (unpaired) electrons. The SMILES string of the molecule is Cc1cc(C)c(C(=O)Cn2ncccc2=O)cc1C. The maximum Gasteiger partial charge on any atom is 0.267 e. The molecule has 4 nitrogen and oxygen atoms in total. The summed E-state index contributed by atoms with van der Waals surface area (Å²) in [6.45, 7) is 5.86. The fourth-order valence-electron chi connectivity index (χ4n) is 1.99. The van der Waals surface area contributed by atoms with Gasteiger partial charge in [-0.15, -0.1) is 0 Å². The summed E-state index contributed by atoms with van der Waals surface area (Å²) in [5, 5.41) is 3.90. The van der Waals surface area contributed by atoms with E-state index in [2.05, 4.69) is 5.10 Å². The van der Waals surface area contributed by atoms with Gasteiger partial charge in [-0.25, -0.2) is 4.68 Å². The van der Waals surface area contributed by atoms with Crippen molar-refractivity contribution in [2.45, 2.75) is 27.3 Å². The van der Waals surface area contributed by atoms with Gasteiger partial charge in [0, 0.05) is 17.8 Å². The van der Waals surface area contributed by atoms with Gasteiger partial charge in [-0.05, 0) is 49.6 Å². The molecule has 1 aromatic carbocycles. The van der Waals surface area contributed by atoms with Gasteiger partial charge in [-0.1, -0.05) is 6.07 Å². The van der Waals surface area contributed by atoms with Crippen LogP contribution in [-0.2, 0) is 6.54 Å². The maximum atomic E-state index is 12.3. The summed E-state index contributed by atoms with van der Waals surface area (Å²) in [7, 11) is 0. The molecule has 0 unspecified atom stereocenters. The Bertz CT molecular complexity index is 687. The van der Waals surface area contributed by atoms with Crippen LogP contribution in [0.4, 0.5) is 0 Å². The Kier molecular flexibility index (Phi) is 3.60. The lowest BCUT2D eigenvalue weighted by Gasteiger charge is -2.09. The number of benzene rings is 1. The van der Waals surface area contributed by atoms with Crippen LogP contribution in [0.25, 0.3) is 0 Å². The third-order valence-corrected chi connectivity index (χ3v) is 3.22. The average molecular weight is 256 g/mol. The lowest BCUT2D eigenvalue weighted by molar-refractivity contribution is 0.0965. The number of Topliss-reactive ketones (excluding diaryl/α,β-unsaturated/α-hetero) is 1. The molecule has 0 amide bonds. The molecule has 0 atom stereocenters. The normalized spacial score (nSPS) is 10.5. The van der Waals surface area contributed by atoms with Crippen LogP contribution in [0.3, 0.4) is 0 Å². The predicted octanol–water partition coefficient (Wildman–Crippen LogP) is 2.05. The zero-order valence-electron chi connectivity index (χ0n) is 11.3. The Labute approximate surface area is 111 Å². The highest BCUT2D eigenvalue weighted by Gasteiger charge is 2.12.